The topological polar surface area (TPSA) is 35.5 Å². The van der Waals surface area contributed by atoms with E-state index in [1.54, 1.807) is 0 Å². The van der Waals surface area contributed by atoms with Crippen LogP contribution in [0.15, 0.2) is 0 Å². The van der Waals surface area contributed by atoms with Crippen LogP contribution in [0.5, 0.6) is 0 Å². The minimum Gasteiger partial charge on any atom is -0.392 e. The Kier molecular flexibility index (Phi) is 6.32. The Morgan fingerprint density at radius 3 is 2.75 bits per heavy atom. The lowest BCUT2D eigenvalue weighted by Gasteiger charge is -2.32. The second-order valence-corrected chi connectivity index (χ2v) is 5.57. The van der Waals surface area contributed by atoms with E-state index >= 15 is 0 Å². The van der Waals surface area contributed by atoms with Crippen LogP contribution in [0.1, 0.15) is 39.5 Å². The number of nitrogens with zero attached hydrogens (tertiary/aromatic N) is 1. The van der Waals surface area contributed by atoms with Crippen LogP contribution in [0.25, 0.3) is 0 Å². The van der Waals surface area contributed by atoms with Gasteiger partial charge in [-0.15, -0.1) is 0 Å². The van der Waals surface area contributed by atoms with E-state index in [4.69, 9.17) is 0 Å². The summed E-state index contributed by atoms with van der Waals surface area (Å²) in [5.74, 6) is 0.578. The van der Waals surface area contributed by atoms with Crippen molar-refractivity contribution in [2.45, 2.75) is 51.7 Å². The maximum absolute atomic E-state index is 9.74. The number of likely N-dealkylation sites (N-methyl/N-ethyl adjacent to an activating group) is 1. The first kappa shape index (κ1) is 13.9. The van der Waals surface area contributed by atoms with Crippen LogP contribution < -0.4 is 5.32 Å². The highest BCUT2D eigenvalue weighted by Crippen LogP contribution is 2.14. The van der Waals surface area contributed by atoms with Crippen LogP contribution in [0, 0.1) is 5.92 Å². The van der Waals surface area contributed by atoms with Crippen LogP contribution in [0.4, 0.5) is 0 Å². The second-order valence-electron chi connectivity index (χ2n) is 5.57. The SMILES string of the molecule is CC(C)CC(O)CNCC1CCCCN1C. The molecule has 1 fully saturated rings. The average Bonchev–Trinajstić information content (AvgIpc) is 2.19. The van der Waals surface area contributed by atoms with E-state index in [9.17, 15) is 5.11 Å². The maximum atomic E-state index is 9.74. The number of aliphatic hydroxyl groups is 1. The third-order valence-electron chi connectivity index (χ3n) is 3.42. The van der Waals surface area contributed by atoms with E-state index in [2.05, 4.69) is 31.1 Å². The number of hydrogen-bond acceptors (Lipinski definition) is 3. The minimum atomic E-state index is -0.186. The van der Waals surface area contributed by atoms with Crippen LogP contribution in [0.2, 0.25) is 0 Å². The highest BCUT2D eigenvalue weighted by atomic mass is 16.3. The zero-order valence-electron chi connectivity index (χ0n) is 11.1. The molecule has 3 nitrogen and oxygen atoms in total. The van der Waals surface area contributed by atoms with Crippen LogP contribution in [-0.4, -0.2) is 48.8 Å². The molecular formula is C13H28N2O. The van der Waals surface area contributed by atoms with Gasteiger partial charge in [0.1, 0.15) is 0 Å². The summed E-state index contributed by atoms with van der Waals surface area (Å²) < 4.78 is 0. The highest BCUT2D eigenvalue weighted by Gasteiger charge is 2.18. The van der Waals surface area contributed by atoms with Crippen molar-refractivity contribution in [3.63, 3.8) is 0 Å². The third kappa shape index (κ3) is 5.28. The summed E-state index contributed by atoms with van der Waals surface area (Å²) in [6, 6.07) is 0.667. The Morgan fingerprint density at radius 2 is 2.12 bits per heavy atom. The van der Waals surface area contributed by atoms with Crippen molar-refractivity contribution in [2.75, 3.05) is 26.7 Å². The Labute approximate surface area is 100 Å². The molecule has 2 N–H and O–H groups in total. The largest absolute Gasteiger partial charge is 0.392 e. The molecule has 0 aliphatic carbocycles. The van der Waals surface area contributed by atoms with Gasteiger partial charge in [0.15, 0.2) is 0 Å². The van der Waals surface area contributed by atoms with Gasteiger partial charge in [-0.05, 0) is 38.8 Å². The van der Waals surface area contributed by atoms with E-state index in [0.29, 0.717) is 12.0 Å². The van der Waals surface area contributed by atoms with Crippen molar-refractivity contribution < 1.29 is 5.11 Å². The van der Waals surface area contributed by atoms with E-state index in [-0.39, 0.29) is 6.10 Å². The summed E-state index contributed by atoms with van der Waals surface area (Å²) in [6.07, 6.45) is 4.69. The smallest absolute Gasteiger partial charge is 0.0667 e. The molecule has 0 spiro atoms. The molecule has 1 aliphatic heterocycles. The third-order valence-corrected chi connectivity index (χ3v) is 3.42. The van der Waals surface area contributed by atoms with E-state index in [0.717, 1.165) is 19.5 Å². The number of hydrogen-bond donors (Lipinski definition) is 2. The van der Waals surface area contributed by atoms with Gasteiger partial charge in [-0.3, -0.25) is 0 Å². The zero-order valence-corrected chi connectivity index (χ0v) is 11.1. The Bertz CT molecular complexity index is 185. The molecule has 0 aromatic rings. The molecule has 0 aromatic carbocycles. The number of piperidine rings is 1. The standard InChI is InChI=1S/C13H28N2O/c1-11(2)8-13(16)10-14-9-12-6-4-5-7-15(12)3/h11-14,16H,4-10H2,1-3H3. The van der Waals surface area contributed by atoms with Crippen LogP contribution in [-0.2, 0) is 0 Å². The maximum Gasteiger partial charge on any atom is 0.0667 e. The molecule has 0 aromatic heterocycles. The van der Waals surface area contributed by atoms with Crippen LogP contribution >= 0.6 is 0 Å². The normalized spacial score (nSPS) is 24.9. The lowest BCUT2D eigenvalue weighted by molar-refractivity contribution is 0.135. The van der Waals surface area contributed by atoms with Gasteiger partial charge in [0.25, 0.3) is 0 Å². The Morgan fingerprint density at radius 1 is 1.38 bits per heavy atom. The predicted octanol–water partition coefficient (Wildman–Crippen LogP) is 1.47. The fourth-order valence-electron chi connectivity index (χ4n) is 2.45. The summed E-state index contributed by atoms with van der Waals surface area (Å²) >= 11 is 0. The van der Waals surface area contributed by atoms with Gasteiger partial charge >= 0.3 is 0 Å². The first-order valence-electron chi connectivity index (χ1n) is 6.68. The quantitative estimate of drug-likeness (QED) is 0.722. The fourth-order valence-corrected chi connectivity index (χ4v) is 2.45. The van der Waals surface area contributed by atoms with Gasteiger partial charge in [0.2, 0.25) is 0 Å². The van der Waals surface area contributed by atoms with Crippen LogP contribution in [0.3, 0.4) is 0 Å². The molecule has 1 aliphatic rings. The summed E-state index contributed by atoms with van der Waals surface area (Å²) in [7, 11) is 2.20. The number of nitrogens with one attached hydrogen (secondary N) is 1. The first-order chi connectivity index (χ1) is 7.59. The first-order valence-corrected chi connectivity index (χ1v) is 6.68. The summed E-state index contributed by atoms with van der Waals surface area (Å²) in [5.41, 5.74) is 0. The summed E-state index contributed by atoms with van der Waals surface area (Å²) in [5, 5.41) is 13.1. The monoisotopic (exact) mass is 228 g/mol. The molecule has 0 amide bonds. The van der Waals surface area contributed by atoms with Crippen molar-refractivity contribution >= 4 is 0 Å². The number of likely N-dealkylation sites (tertiary alicyclic amines) is 1. The fraction of sp³-hybridized carbons (Fsp3) is 1.00. The highest BCUT2D eigenvalue weighted by molar-refractivity contribution is 4.76. The van der Waals surface area contributed by atoms with Crippen molar-refractivity contribution in [2.24, 2.45) is 5.92 Å². The van der Waals surface area contributed by atoms with Crippen molar-refractivity contribution in [3.8, 4) is 0 Å². The molecule has 1 rings (SSSR count). The molecule has 3 heteroatoms. The lowest BCUT2D eigenvalue weighted by Crippen LogP contribution is -2.44. The molecule has 1 saturated heterocycles. The van der Waals surface area contributed by atoms with Gasteiger partial charge in [0, 0.05) is 19.1 Å². The number of rotatable bonds is 6. The molecule has 2 atom stereocenters. The molecule has 96 valence electrons. The molecule has 16 heavy (non-hydrogen) atoms. The molecule has 1 heterocycles. The van der Waals surface area contributed by atoms with Crippen molar-refractivity contribution in [1.82, 2.24) is 10.2 Å². The van der Waals surface area contributed by atoms with Crippen molar-refractivity contribution in [1.29, 1.82) is 0 Å². The second kappa shape index (κ2) is 7.25. The number of aliphatic hydroxyl groups excluding tert-OH is 1. The van der Waals surface area contributed by atoms with Gasteiger partial charge in [0.05, 0.1) is 6.10 Å². The summed E-state index contributed by atoms with van der Waals surface area (Å²) in [4.78, 5) is 2.44. The zero-order chi connectivity index (χ0) is 12.0. The van der Waals surface area contributed by atoms with Gasteiger partial charge in [-0.25, -0.2) is 0 Å². The Balaban J connectivity index is 2.09. The molecule has 0 radical (unpaired) electrons. The molecular weight excluding hydrogens is 200 g/mol. The molecule has 0 saturated carbocycles. The van der Waals surface area contributed by atoms with Crippen molar-refractivity contribution in [3.05, 3.63) is 0 Å². The molecule has 2 unspecified atom stereocenters. The average molecular weight is 228 g/mol. The van der Waals surface area contributed by atoms with Gasteiger partial charge in [-0.2, -0.15) is 0 Å². The molecule has 0 bridgehead atoms. The summed E-state index contributed by atoms with van der Waals surface area (Å²) in [6.45, 7) is 7.28. The van der Waals surface area contributed by atoms with E-state index in [1.165, 1.54) is 25.8 Å². The van der Waals surface area contributed by atoms with Gasteiger partial charge in [-0.1, -0.05) is 20.3 Å². The van der Waals surface area contributed by atoms with Gasteiger partial charge < -0.3 is 15.3 Å². The lowest BCUT2D eigenvalue weighted by atomic mass is 10.0. The Hall–Kier alpha value is -0.120. The van der Waals surface area contributed by atoms with E-state index in [1.807, 2.05) is 0 Å². The predicted molar refractivity (Wildman–Crippen MR) is 68.6 cm³/mol. The van der Waals surface area contributed by atoms with E-state index < -0.39 is 0 Å². The minimum absolute atomic E-state index is 0.186.